The van der Waals surface area contributed by atoms with Gasteiger partial charge in [-0.05, 0) is 37.5 Å². The van der Waals surface area contributed by atoms with E-state index in [1.807, 2.05) is 13.0 Å². The van der Waals surface area contributed by atoms with E-state index in [-0.39, 0.29) is 6.04 Å². The van der Waals surface area contributed by atoms with Crippen molar-refractivity contribution in [2.45, 2.75) is 44.6 Å². The number of benzene rings is 1. The summed E-state index contributed by atoms with van der Waals surface area (Å²) < 4.78 is 0. The van der Waals surface area contributed by atoms with Gasteiger partial charge in [0, 0.05) is 25.7 Å². The van der Waals surface area contributed by atoms with Crippen LogP contribution in [0.5, 0.6) is 0 Å². The molecule has 0 spiro atoms. The predicted octanol–water partition coefficient (Wildman–Crippen LogP) is 3.34. The normalized spacial score (nSPS) is 24.2. The van der Waals surface area contributed by atoms with Gasteiger partial charge in [-0.15, -0.1) is 0 Å². The number of nitrogens with zero attached hydrogens (tertiary/aromatic N) is 3. The molecule has 0 bridgehead atoms. The zero-order chi connectivity index (χ0) is 18.1. The Bertz CT molecular complexity index is 749. The Morgan fingerprint density at radius 2 is 1.88 bits per heavy atom. The minimum Gasteiger partial charge on any atom is -0.372 e. The molecular formula is C20H25ClN4O. The first-order valence-corrected chi connectivity index (χ1v) is 9.65. The Kier molecular flexibility index (Phi) is 5.02. The van der Waals surface area contributed by atoms with E-state index in [9.17, 15) is 5.11 Å². The molecule has 1 aromatic carbocycles. The van der Waals surface area contributed by atoms with Crippen LogP contribution in [0.15, 0.2) is 42.5 Å². The number of halogens is 1. The number of hydrogen-bond donors (Lipinski definition) is 2. The maximum Gasteiger partial charge on any atom is 0.154 e. The standard InChI is InChI=1S/C20H25ClN4O/c1-14-20(26)22-17-7-8-18(21)23-19(17)25(14)16-9-11-24(12-10-16)13-15-5-3-2-4-6-15/h2-8,14,16,20,22,26H,9-13H2,1H3/t14-,20?/m1/s1. The van der Waals surface area contributed by atoms with E-state index in [1.165, 1.54) is 5.56 Å². The van der Waals surface area contributed by atoms with Crippen molar-refractivity contribution < 1.29 is 5.11 Å². The summed E-state index contributed by atoms with van der Waals surface area (Å²) in [4.78, 5) is 9.31. The summed E-state index contributed by atoms with van der Waals surface area (Å²) >= 11 is 6.14. The molecule has 2 aliphatic rings. The van der Waals surface area contributed by atoms with Crippen molar-refractivity contribution >= 4 is 23.1 Å². The van der Waals surface area contributed by atoms with Crippen LogP contribution in [0.3, 0.4) is 0 Å². The highest BCUT2D eigenvalue weighted by atomic mass is 35.5. The summed E-state index contributed by atoms with van der Waals surface area (Å²) in [5.74, 6) is 0.858. The van der Waals surface area contributed by atoms with E-state index in [0.717, 1.165) is 44.0 Å². The van der Waals surface area contributed by atoms with Crippen LogP contribution in [0.4, 0.5) is 11.5 Å². The highest BCUT2D eigenvalue weighted by Crippen LogP contribution is 2.36. The maximum absolute atomic E-state index is 10.4. The minimum absolute atomic E-state index is 0.0425. The average Bonchev–Trinajstić information content (AvgIpc) is 2.65. The van der Waals surface area contributed by atoms with Gasteiger partial charge in [-0.25, -0.2) is 4.98 Å². The van der Waals surface area contributed by atoms with Gasteiger partial charge in [0.25, 0.3) is 0 Å². The second-order valence-electron chi connectivity index (χ2n) is 7.24. The van der Waals surface area contributed by atoms with Crippen LogP contribution in [0.2, 0.25) is 5.15 Å². The maximum atomic E-state index is 10.4. The molecule has 2 N–H and O–H groups in total. The lowest BCUT2D eigenvalue weighted by Gasteiger charge is -2.46. The van der Waals surface area contributed by atoms with E-state index < -0.39 is 6.23 Å². The lowest BCUT2D eigenvalue weighted by molar-refractivity contribution is 0.147. The number of hydrogen-bond acceptors (Lipinski definition) is 5. The van der Waals surface area contributed by atoms with E-state index in [4.69, 9.17) is 11.6 Å². The molecule has 5 nitrogen and oxygen atoms in total. The molecule has 1 unspecified atom stereocenters. The summed E-state index contributed by atoms with van der Waals surface area (Å²) in [6.07, 6.45) is 1.50. The number of fused-ring (bicyclic) bond motifs is 1. The molecule has 26 heavy (non-hydrogen) atoms. The molecule has 0 saturated carbocycles. The molecule has 1 saturated heterocycles. The largest absolute Gasteiger partial charge is 0.372 e. The van der Waals surface area contributed by atoms with Crippen molar-refractivity contribution in [1.29, 1.82) is 0 Å². The van der Waals surface area contributed by atoms with Gasteiger partial charge in [-0.1, -0.05) is 41.9 Å². The van der Waals surface area contributed by atoms with Crippen LogP contribution in [0, 0.1) is 0 Å². The smallest absolute Gasteiger partial charge is 0.154 e. The molecule has 2 atom stereocenters. The highest BCUT2D eigenvalue weighted by molar-refractivity contribution is 6.29. The fraction of sp³-hybridized carbons (Fsp3) is 0.450. The van der Waals surface area contributed by atoms with E-state index in [1.54, 1.807) is 6.07 Å². The molecule has 6 heteroatoms. The molecule has 138 valence electrons. The zero-order valence-corrected chi connectivity index (χ0v) is 15.7. The summed E-state index contributed by atoms with van der Waals surface area (Å²) in [6.45, 7) is 5.12. The third-order valence-corrected chi connectivity index (χ3v) is 5.69. The number of aliphatic hydroxyl groups excluding tert-OH is 1. The molecule has 2 aromatic rings. The first-order valence-electron chi connectivity index (χ1n) is 9.27. The lowest BCUT2D eigenvalue weighted by atomic mass is 9.98. The Morgan fingerprint density at radius 1 is 1.15 bits per heavy atom. The quantitative estimate of drug-likeness (QED) is 0.809. The topological polar surface area (TPSA) is 51.6 Å². The monoisotopic (exact) mass is 372 g/mol. The van der Waals surface area contributed by atoms with Crippen molar-refractivity contribution in [2.24, 2.45) is 0 Å². The summed E-state index contributed by atoms with van der Waals surface area (Å²) in [5, 5.41) is 14.0. The molecule has 3 heterocycles. The third kappa shape index (κ3) is 3.52. The summed E-state index contributed by atoms with van der Waals surface area (Å²) in [6, 6.07) is 14.6. The number of anilines is 2. The Morgan fingerprint density at radius 3 is 2.62 bits per heavy atom. The number of rotatable bonds is 3. The second kappa shape index (κ2) is 7.43. The van der Waals surface area contributed by atoms with Crippen molar-refractivity contribution in [2.75, 3.05) is 23.3 Å². The molecule has 0 radical (unpaired) electrons. The van der Waals surface area contributed by atoms with Crippen LogP contribution in [0.25, 0.3) is 0 Å². The summed E-state index contributed by atoms with van der Waals surface area (Å²) in [7, 11) is 0. The fourth-order valence-corrected chi connectivity index (χ4v) is 4.21. The molecule has 0 amide bonds. The van der Waals surface area contributed by atoms with Crippen LogP contribution in [-0.4, -0.2) is 46.4 Å². The number of piperidine rings is 1. The number of aromatic nitrogens is 1. The van der Waals surface area contributed by atoms with Crippen LogP contribution in [-0.2, 0) is 6.54 Å². The minimum atomic E-state index is -0.604. The van der Waals surface area contributed by atoms with Crippen LogP contribution >= 0.6 is 11.6 Å². The van der Waals surface area contributed by atoms with E-state index >= 15 is 0 Å². The number of likely N-dealkylation sites (tertiary alicyclic amines) is 1. The Labute approximate surface area is 159 Å². The first kappa shape index (κ1) is 17.6. The van der Waals surface area contributed by atoms with Gasteiger partial charge in [-0.2, -0.15) is 0 Å². The van der Waals surface area contributed by atoms with Gasteiger partial charge in [0.05, 0.1) is 11.7 Å². The average molecular weight is 373 g/mol. The number of aliphatic hydroxyl groups is 1. The SMILES string of the molecule is C[C@@H]1C(O)Nc2ccc(Cl)nc2N1C1CCN(Cc2ccccc2)CC1. The van der Waals surface area contributed by atoms with Gasteiger partial charge < -0.3 is 15.3 Å². The van der Waals surface area contributed by atoms with Gasteiger partial charge in [0.15, 0.2) is 5.82 Å². The van der Waals surface area contributed by atoms with Crippen molar-refractivity contribution in [3.05, 3.63) is 53.2 Å². The molecule has 4 rings (SSSR count). The van der Waals surface area contributed by atoms with Gasteiger partial charge in [0.2, 0.25) is 0 Å². The first-order chi connectivity index (χ1) is 12.6. The molecule has 1 aromatic heterocycles. The fourth-order valence-electron chi connectivity index (χ4n) is 4.06. The van der Waals surface area contributed by atoms with Crippen LogP contribution in [0.1, 0.15) is 25.3 Å². The van der Waals surface area contributed by atoms with Crippen molar-refractivity contribution in [1.82, 2.24) is 9.88 Å². The highest BCUT2D eigenvalue weighted by Gasteiger charge is 2.36. The second-order valence-corrected chi connectivity index (χ2v) is 7.62. The predicted molar refractivity (Wildman–Crippen MR) is 106 cm³/mol. The number of nitrogens with one attached hydrogen (secondary N) is 1. The van der Waals surface area contributed by atoms with Crippen molar-refractivity contribution in [3.63, 3.8) is 0 Å². The zero-order valence-electron chi connectivity index (χ0n) is 15.0. The molecular weight excluding hydrogens is 348 g/mol. The van der Waals surface area contributed by atoms with Crippen molar-refractivity contribution in [3.8, 4) is 0 Å². The van der Waals surface area contributed by atoms with Crippen LogP contribution < -0.4 is 10.2 Å². The molecule has 1 fully saturated rings. The number of pyridine rings is 1. The summed E-state index contributed by atoms with van der Waals surface area (Å²) in [5.41, 5.74) is 2.21. The van der Waals surface area contributed by atoms with E-state index in [2.05, 4.69) is 50.4 Å². The third-order valence-electron chi connectivity index (χ3n) is 5.48. The van der Waals surface area contributed by atoms with E-state index in [0.29, 0.717) is 11.2 Å². The lowest BCUT2D eigenvalue weighted by Crippen LogP contribution is -2.56. The Hall–Kier alpha value is -1.82. The molecule has 0 aliphatic carbocycles. The van der Waals surface area contributed by atoms with Gasteiger partial charge in [-0.3, -0.25) is 4.90 Å². The Balaban J connectivity index is 1.47. The van der Waals surface area contributed by atoms with Gasteiger partial charge in [0.1, 0.15) is 11.4 Å². The molecule has 2 aliphatic heterocycles. The van der Waals surface area contributed by atoms with Gasteiger partial charge >= 0.3 is 0 Å².